The monoisotopic (exact) mass is 329 g/mol. The first-order chi connectivity index (χ1) is 12.2. The second kappa shape index (κ2) is 5.84. The highest BCUT2D eigenvalue weighted by Crippen LogP contribution is 2.24. The third-order valence-corrected chi connectivity index (χ3v) is 4.33. The minimum atomic E-state index is -0.394. The summed E-state index contributed by atoms with van der Waals surface area (Å²) in [5, 5.41) is 10.3. The Bertz CT molecular complexity index is 1140. The lowest BCUT2D eigenvalue weighted by molar-refractivity contribution is 0.0474. The molecule has 0 radical (unpaired) electrons. The normalized spacial score (nSPS) is 10.9. The van der Waals surface area contributed by atoms with Crippen molar-refractivity contribution < 1.29 is 9.53 Å². The number of hydrogen-bond donors (Lipinski definition) is 1. The zero-order valence-electron chi connectivity index (χ0n) is 13.6. The number of nitrogens with one attached hydrogen (secondary N) is 1. The highest BCUT2D eigenvalue weighted by molar-refractivity contribution is 6.05. The predicted octanol–water partition coefficient (Wildman–Crippen LogP) is 3.96. The van der Waals surface area contributed by atoms with Crippen molar-refractivity contribution in [2.45, 2.75) is 13.5 Å². The van der Waals surface area contributed by atoms with Crippen LogP contribution in [-0.4, -0.2) is 15.4 Å². The number of pyridine rings is 1. The van der Waals surface area contributed by atoms with Crippen LogP contribution in [0, 0.1) is 18.3 Å². The number of H-pyrrole nitrogens is 1. The van der Waals surface area contributed by atoms with Gasteiger partial charge in [0.1, 0.15) is 12.7 Å². The Morgan fingerprint density at radius 2 is 2.04 bits per heavy atom. The lowest BCUT2D eigenvalue weighted by atomic mass is 10.1. The number of aromatic amines is 1. The molecule has 3 aromatic heterocycles. The maximum atomic E-state index is 12.6. The summed E-state index contributed by atoms with van der Waals surface area (Å²) in [5.74, 6) is -0.394. The zero-order valence-corrected chi connectivity index (χ0v) is 13.6. The van der Waals surface area contributed by atoms with Gasteiger partial charge in [-0.15, -0.1) is 0 Å². The van der Waals surface area contributed by atoms with Gasteiger partial charge in [-0.25, -0.2) is 4.79 Å². The lowest BCUT2D eigenvalue weighted by Crippen LogP contribution is -2.06. The van der Waals surface area contributed by atoms with Gasteiger partial charge in [0.15, 0.2) is 0 Å². The van der Waals surface area contributed by atoms with Crippen LogP contribution in [0.2, 0.25) is 0 Å². The lowest BCUT2D eigenvalue weighted by Gasteiger charge is -2.04. The Balaban J connectivity index is 1.64. The number of carbonyl (C=O) groups is 1. The van der Waals surface area contributed by atoms with Gasteiger partial charge < -0.3 is 14.1 Å². The fourth-order valence-corrected chi connectivity index (χ4v) is 3.17. The molecule has 0 bridgehead atoms. The van der Waals surface area contributed by atoms with Crippen molar-refractivity contribution in [3.63, 3.8) is 0 Å². The van der Waals surface area contributed by atoms with E-state index in [9.17, 15) is 10.1 Å². The highest BCUT2D eigenvalue weighted by atomic mass is 16.5. The van der Waals surface area contributed by atoms with Crippen LogP contribution in [0.4, 0.5) is 0 Å². The van der Waals surface area contributed by atoms with E-state index in [1.807, 2.05) is 66.2 Å². The molecule has 0 aliphatic carbocycles. The van der Waals surface area contributed by atoms with Gasteiger partial charge in [0.2, 0.25) is 0 Å². The average Bonchev–Trinajstić information content (AvgIpc) is 3.15. The number of benzene rings is 1. The molecule has 4 aromatic rings. The summed E-state index contributed by atoms with van der Waals surface area (Å²) in [7, 11) is 0. The Kier molecular flexibility index (Phi) is 3.51. The molecule has 0 saturated carbocycles. The van der Waals surface area contributed by atoms with Crippen molar-refractivity contribution in [3.8, 4) is 6.07 Å². The van der Waals surface area contributed by atoms with Crippen LogP contribution in [0.1, 0.15) is 27.2 Å². The number of nitriles is 1. The minimum Gasteiger partial charge on any atom is -0.457 e. The maximum Gasteiger partial charge on any atom is 0.340 e. The number of aromatic nitrogens is 2. The van der Waals surface area contributed by atoms with Gasteiger partial charge >= 0.3 is 5.97 Å². The van der Waals surface area contributed by atoms with Gasteiger partial charge in [-0.05, 0) is 25.1 Å². The molecule has 3 heterocycles. The first-order valence-corrected chi connectivity index (χ1v) is 7.92. The Morgan fingerprint density at radius 3 is 2.88 bits per heavy atom. The smallest absolute Gasteiger partial charge is 0.340 e. The van der Waals surface area contributed by atoms with Crippen molar-refractivity contribution >= 4 is 22.4 Å². The summed E-state index contributed by atoms with van der Waals surface area (Å²) < 4.78 is 7.37. The molecular formula is C20H15N3O2. The summed E-state index contributed by atoms with van der Waals surface area (Å²) >= 11 is 0. The maximum absolute atomic E-state index is 12.6. The summed E-state index contributed by atoms with van der Waals surface area (Å²) in [6, 6.07) is 15.5. The summed E-state index contributed by atoms with van der Waals surface area (Å²) in [6.45, 7) is 1.91. The van der Waals surface area contributed by atoms with E-state index in [4.69, 9.17) is 4.74 Å². The van der Waals surface area contributed by atoms with Crippen molar-refractivity contribution in [2.75, 3.05) is 0 Å². The molecule has 25 heavy (non-hydrogen) atoms. The summed E-state index contributed by atoms with van der Waals surface area (Å²) in [5.41, 5.74) is 4.24. The molecule has 5 heteroatoms. The van der Waals surface area contributed by atoms with Crippen LogP contribution in [-0.2, 0) is 11.3 Å². The van der Waals surface area contributed by atoms with Crippen LogP contribution in [0.15, 0.2) is 54.9 Å². The topological polar surface area (TPSA) is 70.3 Å². The zero-order chi connectivity index (χ0) is 17.4. The first kappa shape index (κ1) is 15.0. The number of esters is 1. The van der Waals surface area contributed by atoms with Crippen molar-refractivity contribution in [2.24, 2.45) is 0 Å². The Morgan fingerprint density at radius 1 is 1.24 bits per heavy atom. The molecule has 0 atom stereocenters. The second-order valence-corrected chi connectivity index (χ2v) is 5.88. The van der Waals surface area contributed by atoms with E-state index in [-0.39, 0.29) is 6.61 Å². The molecule has 0 aliphatic rings. The van der Waals surface area contributed by atoms with Gasteiger partial charge in [-0.2, -0.15) is 5.26 Å². The van der Waals surface area contributed by atoms with E-state index in [0.29, 0.717) is 16.7 Å². The quantitative estimate of drug-likeness (QED) is 0.578. The number of ether oxygens (including phenoxy) is 1. The van der Waals surface area contributed by atoms with E-state index >= 15 is 0 Å². The van der Waals surface area contributed by atoms with E-state index in [0.717, 1.165) is 22.1 Å². The minimum absolute atomic E-state index is 0.0579. The van der Waals surface area contributed by atoms with Gasteiger partial charge in [-0.3, -0.25) is 0 Å². The van der Waals surface area contributed by atoms with Gasteiger partial charge in [0, 0.05) is 34.6 Å². The third-order valence-electron chi connectivity index (χ3n) is 4.33. The second-order valence-electron chi connectivity index (χ2n) is 5.88. The molecule has 0 spiro atoms. The molecule has 122 valence electrons. The molecule has 1 N–H and O–H groups in total. The molecule has 0 amide bonds. The average molecular weight is 329 g/mol. The number of aryl methyl sites for hydroxylation is 1. The molecule has 0 unspecified atom stereocenters. The summed E-state index contributed by atoms with van der Waals surface area (Å²) in [4.78, 5) is 15.8. The van der Waals surface area contributed by atoms with Crippen LogP contribution >= 0.6 is 0 Å². The molecule has 1 aromatic carbocycles. The molecule has 5 nitrogen and oxygen atoms in total. The molecule has 0 saturated heterocycles. The van der Waals surface area contributed by atoms with Crippen molar-refractivity contribution in [3.05, 3.63) is 77.2 Å². The fourth-order valence-electron chi connectivity index (χ4n) is 3.17. The molecule has 0 fully saturated rings. The Hall–Kier alpha value is -3.52. The number of rotatable bonds is 3. The number of hydrogen-bond acceptors (Lipinski definition) is 3. The standard InChI is InChI=1S/C20H15N3O2/c1-13-19(15-6-2-3-7-17(15)22-13)20(24)25-12-14-11-23-9-5-4-8-18(23)16(14)10-21/h2-9,11,22H,12H2,1H3. The third kappa shape index (κ3) is 2.45. The number of fused-ring (bicyclic) bond motifs is 2. The van der Waals surface area contributed by atoms with E-state index in [1.54, 1.807) is 0 Å². The highest BCUT2D eigenvalue weighted by Gasteiger charge is 2.18. The number of para-hydroxylation sites is 1. The van der Waals surface area contributed by atoms with Crippen molar-refractivity contribution in [1.82, 2.24) is 9.38 Å². The molecular weight excluding hydrogens is 314 g/mol. The Labute approximate surface area is 144 Å². The molecule has 4 rings (SSSR count). The molecule has 0 aliphatic heterocycles. The summed E-state index contributed by atoms with van der Waals surface area (Å²) in [6.07, 6.45) is 3.69. The largest absolute Gasteiger partial charge is 0.457 e. The van der Waals surface area contributed by atoms with E-state index in [2.05, 4.69) is 11.1 Å². The fraction of sp³-hybridized carbons (Fsp3) is 0.100. The number of carbonyl (C=O) groups excluding carboxylic acids is 1. The van der Waals surface area contributed by atoms with E-state index < -0.39 is 5.97 Å². The van der Waals surface area contributed by atoms with Crippen molar-refractivity contribution in [1.29, 1.82) is 5.26 Å². The van der Waals surface area contributed by atoms with Gasteiger partial charge in [0.25, 0.3) is 0 Å². The van der Waals surface area contributed by atoms with Crippen LogP contribution in [0.5, 0.6) is 0 Å². The van der Waals surface area contributed by atoms with Crippen LogP contribution in [0.25, 0.3) is 16.4 Å². The first-order valence-electron chi connectivity index (χ1n) is 7.92. The van der Waals surface area contributed by atoms with Crippen LogP contribution < -0.4 is 0 Å². The SMILES string of the molecule is Cc1[nH]c2ccccc2c1C(=O)OCc1cn2ccccc2c1C#N. The van der Waals surface area contributed by atoms with Crippen LogP contribution in [0.3, 0.4) is 0 Å². The predicted molar refractivity (Wildman–Crippen MR) is 94.3 cm³/mol. The van der Waals surface area contributed by atoms with Gasteiger partial charge in [0.05, 0.1) is 16.6 Å². The van der Waals surface area contributed by atoms with E-state index in [1.165, 1.54) is 0 Å². The number of nitrogens with zero attached hydrogens (tertiary/aromatic N) is 2. The van der Waals surface area contributed by atoms with Gasteiger partial charge in [-0.1, -0.05) is 24.3 Å².